The molecular formula is C13H21IN4O. The largest absolute Gasteiger partial charge is 0.481 e. The number of rotatable bonds is 5. The van der Waals surface area contributed by atoms with Crippen molar-refractivity contribution >= 4 is 29.9 Å². The van der Waals surface area contributed by atoms with Crippen LogP contribution in [0.2, 0.25) is 0 Å². The fourth-order valence-electron chi connectivity index (χ4n) is 1.59. The summed E-state index contributed by atoms with van der Waals surface area (Å²) in [6.07, 6.45) is 1.72. The molecule has 0 radical (unpaired) electrons. The van der Waals surface area contributed by atoms with Gasteiger partial charge in [0.2, 0.25) is 5.88 Å². The van der Waals surface area contributed by atoms with Gasteiger partial charge in [0.1, 0.15) is 0 Å². The van der Waals surface area contributed by atoms with E-state index in [1.165, 1.54) is 0 Å². The molecule has 0 unspecified atom stereocenters. The minimum Gasteiger partial charge on any atom is -0.481 e. The van der Waals surface area contributed by atoms with E-state index >= 15 is 0 Å². The van der Waals surface area contributed by atoms with E-state index in [1.807, 2.05) is 19.9 Å². The Labute approximate surface area is 131 Å². The number of hydrogen-bond acceptors (Lipinski definition) is 3. The molecule has 5 nitrogen and oxygen atoms in total. The molecule has 1 heterocycles. The Kier molecular flexibility index (Phi) is 8.13. The summed E-state index contributed by atoms with van der Waals surface area (Å²) in [5.41, 5.74) is 8.68. The molecule has 0 aliphatic rings. The first kappa shape index (κ1) is 17.7. The summed E-state index contributed by atoms with van der Waals surface area (Å²) in [6.45, 7) is 8.58. The van der Waals surface area contributed by atoms with Crippen molar-refractivity contribution in [1.29, 1.82) is 0 Å². The van der Waals surface area contributed by atoms with E-state index in [1.54, 1.807) is 13.2 Å². The molecule has 0 saturated carbocycles. The van der Waals surface area contributed by atoms with Crippen LogP contribution in [0.25, 0.3) is 0 Å². The Bertz CT molecular complexity index is 460. The monoisotopic (exact) mass is 376 g/mol. The van der Waals surface area contributed by atoms with Gasteiger partial charge in [-0.25, -0.2) is 9.98 Å². The van der Waals surface area contributed by atoms with Gasteiger partial charge >= 0.3 is 0 Å². The topological polar surface area (TPSA) is 72.5 Å². The van der Waals surface area contributed by atoms with Crippen LogP contribution in [0.15, 0.2) is 23.7 Å². The average molecular weight is 376 g/mol. The summed E-state index contributed by atoms with van der Waals surface area (Å²) in [7, 11) is 1.60. The van der Waals surface area contributed by atoms with Gasteiger partial charge in [-0.2, -0.15) is 0 Å². The van der Waals surface area contributed by atoms with Crippen molar-refractivity contribution in [1.82, 2.24) is 10.3 Å². The molecule has 1 aromatic heterocycles. The van der Waals surface area contributed by atoms with Crippen molar-refractivity contribution in [3.63, 3.8) is 0 Å². The average Bonchev–Trinajstić information content (AvgIpc) is 2.34. The maximum absolute atomic E-state index is 5.71. The van der Waals surface area contributed by atoms with Crippen LogP contribution in [0.4, 0.5) is 0 Å². The van der Waals surface area contributed by atoms with E-state index in [9.17, 15) is 0 Å². The lowest BCUT2D eigenvalue weighted by Crippen LogP contribution is -2.31. The van der Waals surface area contributed by atoms with E-state index in [2.05, 4.69) is 21.9 Å². The fraction of sp³-hybridized carbons (Fsp3) is 0.385. The van der Waals surface area contributed by atoms with Crippen LogP contribution in [0.1, 0.15) is 16.8 Å². The van der Waals surface area contributed by atoms with Gasteiger partial charge in [-0.05, 0) is 25.5 Å². The summed E-state index contributed by atoms with van der Waals surface area (Å²) in [6, 6.07) is 2.00. The van der Waals surface area contributed by atoms with Gasteiger partial charge in [-0.1, -0.05) is 6.08 Å². The summed E-state index contributed by atoms with van der Waals surface area (Å²) < 4.78 is 5.26. The predicted molar refractivity (Wildman–Crippen MR) is 89.2 cm³/mol. The smallest absolute Gasteiger partial charge is 0.218 e. The Morgan fingerprint density at radius 1 is 1.58 bits per heavy atom. The third-order valence-electron chi connectivity index (χ3n) is 2.47. The summed E-state index contributed by atoms with van der Waals surface area (Å²) in [5.74, 6) is 0.990. The van der Waals surface area contributed by atoms with Crippen molar-refractivity contribution in [2.45, 2.75) is 20.4 Å². The van der Waals surface area contributed by atoms with Gasteiger partial charge < -0.3 is 15.8 Å². The molecule has 1 aromatic rings. The molecule has 19 heavy (non-hydrogen) atoms. The zero-order valence-corrected chi connectivity index (χ0v) is 13.9. The standard InChI is InChI=1S/C13H20N4O.HI/c1-5-6-15-13(14)16-8-11-9(2)7-10(3)17-12(11)18-4;/h5,7H,1,6,8H2,2-4H3,(H3,14,15,16);1H. The number of pyridine rings is 1. The second-order valence-electron chi connectivity index (χ2n) is 3.94. The Morgan fingerprint density at radius 3 is 2.84 bits per heavy atom. The maximum atomic E-state index is 5.71. The zero-order chi connectivity index (χ0) is 13.5. The highest BCUT2D eigenvalue weighted by molar-refractivity contribution is 14.0. The fourth-order valence-corrected chi connectivity index (χ4v) is 1.59. The quantitative estimate of drug-likeness (QED) is 0.357. The maximum Gasteiger partial charge on any atom is 0.218 e. The highest BCUT2D eigenvalue weighted by Gasteiger charge is 2.08. The molecule has 106 valence electrons. The second-order valence-corrected chi connectivity index (χ2v) is 3.94. The molecular weight excluding hydrogens is 355 g/mol. The van der Waals surface area contributed by atoms with Crippen molar-refractivity contribution < 1.29 is 4.74 Å². The molecule has 0 spiro atoms. The molecule has 0 aliphatic heterocycles. The first-order valence-electron chi connectivity index (χ1n) is 5.74. The molecule has 0 saturated heterocycles. The van der Waals surface area contributed by atoms with E-state index in [0.29, 0.717) is 24.9 Å². The Morgan fingerprint density at radius 2 is 2.26 bits per heavy atom. The van der Waals surface area contributed by atoms with Crippen LogP contribution in [0, 0.1) is 13.8 Å². The van der Waals surface area contributed by atoms with Crippen LogP contribution in [0.5, 0.6) is 5.88 Å². The number of halogens is 1. The summed E-state index contributed by atoms with van der Waals surface area (Å²) in [5, 5.41) is 2.92. The van der Waals surface area contributed by atoms with E-state index in [-0.39, 0.29) is 24.0 Å². The molecule has 0 aromatic carbocycles. The van der Waals surface area contributed by atoms with Crippen LogP contribution in [0.3, 0.4) is 0 Å². The second kappa shape index (κ2) is 8.73. The van der Waals surface area contributed by atoms with Crippen molar-refractivity contribution in [2.75, 3.05) is 13.7 Å². The third-order valence-corrected chi connectivity index (χ3v) is 2.47. The number of ether oxygens (including phenoxy) is 1. The van der Waals surface area contributed by atoms with Gasteiger partial charge in [-0.15, -0.1) is 30.6 Å². The SMILES string of the molecule is C=CCNC(N)=NCc1c(C)cc(C)nc1OC.I. The molecule has 0 aliphatic carbocycles. The van der Waals surface area contributed by atoms with Crippen molar-refractivity contribution in [2.24, 2.45) is 10.7 Å². The number of hydrogen-bond donors (Lipinski definition) is 2. The molecule has 3 N–H and O–H groups in total. The first-order valence-corrected chi connectivity index (χ1v) is 5.74. The Hall–Kier alpha value is -1.31. The predicted octanol–water partition coefficient (Wildman–Crippen LogP) is 1.92. The van der Waals surface area contributed by atoms with Crippen LogP contribution >= 0.6 is 24.0 Å². The number of aromatic nitrogens is 1. The van der Waals surface area contributed by atoms with E-state index < -0.39 is 0 Å². The number of aryl methyl sites for hydroxylation is 2. The van der Waals surface area contributed by atoms with Crippen molar-refractivity contribution in [3.8, 4) is 5.88 Å². The molecule has 6 heteroatoms. The molecule has 1 rings (SSSR count). The minimum absolute atomic E-state index is 0. The van der Waals surface area contributed by atoms with Crippen LogP contribution in [-0.2, 0) is 6.54 Å². The Balaban J connectivity index is 0.00000324. The van der Waals surface area contributed by atoms with Crippen LogP contribution in [-0.4, -0.2) is 24.6 Å². The number of aliphatic imine (C=N–C) groups is 1. The van der Waals surface area contributed by atoms with Crippen LogP contribution < -0.4 is 15.8 Å². The molecule has 0 fully saturated rings. The number of nitrogens with zero attached hydrogens (tertiary/aromatic N) is 2. The summed E-state index contributed by atoms with van der Waals surface area (Å²) >= 11 is 0. The molecule has 0 bridgehead atoms. The number of guanidine groups is 1. The normalized spacial score (nSPS) is 10.6. The van der Waals surface area contributed by atoms with Gasteiger partial charge in [0.25, 0.3) is 0 Å². The van der Waals surface area contributed by atoms with Gasteiger partial charge in [0.15, 0.2) is 5.96 Å². The van der Waals surface area contributed by atoms with Gasteiger partial charge in [0, 0.05) is 17.8 Å². The lowest BCUT2D eigenvalue weighted by molar-refractivity contribution is 0.391. The van der Waals surface area contributed by atoms with E-state index in [0.717, 1.165) is 16.8 Å². The number of methoxy groups -OCH3 is 1. The number of nitrogens with two attached hydrogens (primary N) is 1. The van der Waals surface area contributed by atoms with Gasteiger partial charge in [-0.3, -0.25) is 0 Å². The zero-order valence-electron chi connectivity index (χ0n) is 11.6. The molecule has 0 amide bonds. The third kappa shape index (κ3) is 5.46. The van der Waals surface area contributed by atoms with Crippen molar-refractivity contribution in [3.05, 3.63) is 35.5 Å². The minimum atomic E-state index is 0. The molecule has 0 atom stereocenters. The van der Waals surface area contributed by atoms with Gasteiger partial charge in [0.05, 0.1) is 13.7 Å². The highest BCUT2D eigenvalue weighted by atomic mass is 127. The first-order chi connectivity index (χ1) is 8.58. The lowest BCUT2D eigenvalue weighted by atomic mass is 10.1. The van der Waals surface area contributed by atoms with E-state index in [4.69, 9.17) is 10.5 Å². The highest BCUT2D eigenvalue weighted by Crippen LogP contribution is 2.21. The summed E-state index contributed by atoms with van der Waals surface area (Å²) in [4.78, 5) is 8.57. The number of nitrogens with one attached hydrogen (secondary N) is 1. The lowest BCUT2D eigenvalue weighted by Gasteiger charge is -2.10.